The summed E-state index contributed by atoms with van der Waals surface area (Å²) in [7, 11) is 4.67. The van der Waals surface area contributed by atoms with Crippen molar-refractivity contribution in [3.63, 3.8) is 0 Å². The van der Waals surface area contributed by atoms with Crippen LogP contribution in [0.1, 0.15) is 0 Å². The van der Waals surface area contributed by atoms with Crippen molar-refractivity contribution < 1.29 is 19.0 Å². The Hall–Kier alpha value is -3.26. The van der Waals surface area contributed by atoms with Gasteiger partial charge in [-0.2, -0.15) is 0 Å². The van der Waals surface area contributed by atoms with Crippen LogP contribution in [0, 0.1) is 0 Å². The first-order valence-electron chi connectivity index (χ1n) is 8.03. The Morgan fingerprint density at radius 3 is 2.56 bits per heavy atom. The second-order valence-electron chi connectivity index (χ2n) is 5.39. The molecule has 0 fully saturated rings. The van der Waals surface area contributed by atoms with Gasteiger partial charge in [0.15, 0.2) is 16.6 Å². The van der Waals surface area contributed by atoms with E-state index in [0.29, 0.717) is 22.3 Å². The number of ether oxygens (including phenoxy) is 3. The highest BCUT2D eigenvalue weighted by molar-refractivity contribution is 7.14. The summed E-state index contributed by atoms with van der Waals surface area (Å²) in [5.74, 6) is 1.73. The highest BCUT2D eigenvalue weighted by Gasteiger charge is 2.13. The van der Waals surface area contributed by atoms with Gasteiger partial charge in [-0.05, 0) is 24.3 Å². The highest BCUT2D eigenvalue weighted by Crippen LogP contribution is 2.35. The standard InChI is InChI=1S/C19H19N3O4S/c1-24-13-7-4-6-12(10-13)15-11-27-19(21-15)22-18(23)20-14-8-5-9-16(25-2)17(14)26-3/h4-11H,1-3H3,(H2,20,21,22,23). The Bertz CT molecular complexity index is 942. The maximum atomic E-state index is 12.3. The van der Waals surface area contributed by atoms with Crippen LogP contribution in [-0.4, -0.2) is 32.3 Å². The van der Waals surface area contributed by atoms with Gasteiger partial charge in [0.2, 0.25) is 0 Å². The fourth-order valence-corrected chi connectivity index (χ4v) is 3.20. The molecule has 1 heterocycles. The summed E-state index contributed by atoms with van der Waals surface area (Å²) in [5.41, 5.74) is 2.17. The van der Waals surface area contributed by atoms with E-state index in [9.17, 15) is 4.79 Å². The van der Waals surface area contributed by atoms with E-state index in [-0.39, 0.29) is 0 Å². The minimum Gasteiger partial charge on any atom is -0.497 e. The Morgan fingerprint density at radius 2 is 1.81 bits per heavy atom. The first kappa shape index (κ1) is 18.5. The predicted octanol–water partition coefficient (Wildman–Crippen LogP) is 4.48. The van der Waals surface area contributed by atoms with E-state index in [4.69, 9.17) is 14.2 Å². The Balaban J connectivity index is 1.71. The van der Waals surface area contributed by atoms with Crippen LogP contribution in [0.5, 0.6) is 17.2 Å². The molecule has 3 rings (SSSR count). The summed E-state index contributed by atoms with van der Waals surface area (Å²) in [4.78, 5) is 16.8. The second kappa shape index (κ2) is 8.41. The third-order valence-corrected chi connectivity index (χ3v) is 4.50. The molecule has 0 aliphatic rings. The molecule has 2 N–H and O–H groups in total. The summed E-state index contributed by atoms with van der Waals surface area (Å²) in [6.07, 6.45) is 0. The molecule has 0 bridgehead atoms. The van der Waals surface area contributed by atoms with Gasteiger partial charge in [0, 0.05) is 10.9 Å². The topological polar surface area (TPSA) is 81.7 Å². The number of aromatic nitrogens is 1. The number of anilines is 2. The molecule has 0 unspecified atom stereocenters. The fourth-order valence-electron chi connectivity index (χ4n) is 2.48. The van der Waals surface area contributed by atoms with E-state index in [1.165, 1.54) is 25.6 Å². The molecule has 0 atom stereocenters. The lowest BCUT2D eigenvalue weighted by Gasteiger charge is -2.13. The summed E-state index contributed by atoms with van der Waals surface area (Å²) >= 11 is 1.33. The fraction of sp³-hybridized carbons (Fsp3) is 0.158. The van der Waals surface area contributed by atoms with Crippen molar-refractivity contribution in [2.24, 2.45) is 0 Å². The van der Waals surface area contributed by atoms with Crippen molar-refractivity contribution >= 4 is 28.2 Å². The number of hydrogen-bond donors (Lipinski definition) is 2. The number of carbonyl (C=O) groups is 1. The highest BCUT2D eigenvalue weighted by atomic mass is 32.1. The molecule has 1 aromatic heterocycles. The van der Waals surface area contributed by atoms with E-state index >= 15 is 0 Å². The van der Waals surface area contributed by atoms with Crippen LogP contribution < -0.4 is 24.8 Å². The monoisotopic (exact) mass is 385 g/mol. The number of methoxy groups -OCH3 is 3. The van der Waals surface area contributed by atoms with Gasteiger partial charge >= 0.3 is 6.03 Å². The summed E-state index contributed by atoms with van der Waals surface area (Å²) in [6, 6.07) is 12.4. The van der Waals surface area contributed by atoms with Crippen LogP contribution in [0.2, 0.25) is 0 Å². The summed E-state index contributed by atoms with van der Waals surface area (Å²) in [6.45, 7) is 0. The third-order valence-electron chi connectivity index (χ3n) is 3.74. The molecule has 7 nitrogen and oxygen atoms in total. The average molecular weight is 385 g/mol. The molecule has 0 spiro atoms. The van der Waals surface area contributed by atoms with E-state index in [1.807, 2.05) is 29.6 Å². The predicted molar refractivity (Wildman–Crippen MR) is 106 cm³/mol. The molecule has 0 aliphatic heterocycles. The number of para-hydroxylation sites is 1. The average Bonchev–Trinajstić information content (AvgIpc) is 3.16. The number of rotatable bonds is 6. The smallest absolute Gasteiger partial charge is 0.325 e. The molecule has 3 aromatic rings. The lowest BCUT2D eigenvalue weighted by Crippen LogP contribution is -2.19. The minimum atomic E-state index is -0.423. The molecule has 0 saturated heterocycles. The quantitative estimate of drug-likeness (QED) is 0.654. The zero-order valence-electron chi connectivity index (χ0n) is 15.1. The number of carbonyl (C=O) groups excluding carboxylic acids is 1. The van der Waals surface area contributed by atoms with E-state index in [1.54, 1.807) is 25.3 Å². The van der Waals surface area contributed by atoms with Gasteiger partial charge < -0.3 is 19.5 Å². The van der Waals surface area contributed by atoms with Crippen LogP contribution >= 0.6 is 11.3 Å². The third kappa shape index (κ3) is 4.29. The lowest BCUT2D eigenvalue weighted by atomic mass is 10.2. The second-order valence-corrected chi connectivity index (χ2v) is 6.25. The molecule has 8 heteroatoms. The molecule has 0 radical (unpaired) electrons. The number of urea groups is 1. The number of thiazole rings is 1. The largest absolute Gasteiger partial charge is 0.497 e. The molecular weight excluding hydrogens is 366 g/mol. The Kier molecular flexibility index (Phi) is 5.77. The van der Waals surface area contributed by atoms with Gasteiger partial charge in [0.25, 0.3) is 0 Å². The zero-order chi connectivity index (χ0) is 19.2. The molecular formula is C19H19N3O4S. The number of benzene rings is 2. The number of amides is 2. The van der Waals surface area contributed by atoms with Crippen LogP contribution in [0.25, 0.3) is 11.3 Å². The maximum Gasteiger partial charge on any atom is 0.325 e. The number of nitrogens with one attached hydrogen (secondary N) is 2. The van der Waals surface area contributed by atoms with E-state index in [0.717, 1.165) is 17.0 Å². The van der Waals surface area contributed by atoms with E-state index < -0.39 is 6.03 Å². The summed E-state index contributed by atoms with van der Waals surface area (Å²) in [5, 5.41) is 7.82. The van der Waals surface area contributed by atoms with Crippen LogP contribution in [0.3, 0.4) is 0 Å². The molecule has 140 valence electrons. The van der Waals surface area contributed by atoms with Crippen molar-refractivity contribution in [3.8, 4) is 28.5 Å². The molecule has 27 heavy (non-hydrogen) atoms. The van der Waals surface area contributed by atoms with Gasteiger partial charge in [-0.15, -0.1) is 11.3 Å². The first-order valence-corrected chi connectivity index (χ1v) is 8.91. The number of hydrogen-bond acceptors (Lipinski definition) is 6. The van der Waals surface area contributed by atoms with Gasteiger partial charge in [0.05, 0.1) is 32.7 Å². The van der Waals surface area contributed by atoms with Gasteiger partial charge in [-0.1, -0.05) is 18.2 Å². The molecule has 2 amide bonds. The van der Waals surface area contributed by atoms with E-state index in [2.05, 4.69) is 15.6 Å². The van der Waals surface area contributed by atoms with Crippen LogP contribution in [0.4, 0.5) is 15.6 Å². The van der Waals surface area contributed by atoms with Crippen molar-refractivity contribution in [3.05, 3.63) is 47.8 Å². The van der Waals surface area contributed by atoms with Crippen LogP contribution in [0.15, 0.2) is 47.8 Å². The van der Waals surface area contributed by atoms with Gasteiger partial charge in [-0.3, -0.25) is 5.32 Å². The SMILES string of the molecule is COc1cccc(-c2csc(NC(=O)Nc3cccc(OC)c3OC)n2)c1. The zero-order valence-corrected chi connectivity index (χ0v) is 15.9. The van der Waals surface area contributed by atoms with Gasteiger partial charge in [0.1, 0.15) is 5.75 Å². The van der Waals surface area contributed by atoms with Crippen molar-refractivity contribution in [1.82, 2.24) is 4.98 Å². The lowest BCUT2D eigenvalue weighted by molar-refractivity contribution is 0.262. The first-order chi connectivity index (χ1) is 13.1. The normalized spacial score (nSPS) is 10.2. The maximum absolute atomic E-state index is 12.3. The summed E-state index contributed by atoms with van der Waals surface area (Å²) < 4.78 is 15.8. The van der Waals surface area contributed by atoms with Crippen molar-refractivity contribution in [1.29, 1.82) is 0 Å². The molecule has 2 aromatic carbocycles. The Morgan fingerprint density at radius 1 is 1.00 bits per heavy atom. The van der Waals surface area contributed by atoms with Gasteiger partial charge in [-0.25, -0.2) is 9.78 Å². The minimum absolute atomic E-state index is 0.423. The number of nitrogens with zero attached hydrogens (tertiary/aromatic N) is 1. The molecule has 0 aliphatic carbocycles. The van der Waals surface area contributed by atoms with Crippen molar-refractivity contribution in [2.75, 3.05) is 32.0 Å². The Labute approximate surface area is 160 Å². The molecule has 0 saturated carbocycles. The van der Waals surface area contributed by atoms with Crippen molar-refractivity contribution in [2.45, 2.75) is 0 Å². The van der Waals surface area contributed by atoms with Crippen LogP contribution in [-0.2, 0) is 0 Å².